The Hall–Kier alpha value is -1.81. The molecule has 1 heterocycles. The van der Waals surface area contributed by atoms with Crippen LogP contribution in [0.3, 0.4) is 0 Å². The predicted molar refractivity (Wildman–Crippen MR) is 67.9 cm³/mol. The Balaban J connectivity index is 2.15. The van der Waals surface area contributed by atoms with Gasteiger partial charge >= 0.3 is 0 Å². The Labute approximate surface area is 105 Å². The predicted octanol–water partition coefficient (Wildman–Crippen LogP) is 3.27. The molecule has 0 unspecified atom stereocenters. The third-order valence-electron chi connectivity index (χ3n) is 2.04. The summed E-state index contributed by atoms with van der Waals surface area (Å²) in [4.78, 5) is 7.86. The first-order chi connectivity index (χ1) is 8.28. The van der Waals surface area contributed by atoms with Gasteiger partial charge in [-0.25, -0.2) is 9.97 Å². The molecule has 0 saturated heterocycles. The van der Waals surface area contributed by atoms with Gasteiger partial charge in [-0.3, -0.25) is 0 Å². The molecule has 1 aromatic heterocycles. The summed E-state index contributed by atoms with van der Waals surface area (Å²) >= 11 is 5.71. The second-order valence-corrected chi connectivity index (χ2v) is 3.63. The van der Waals surface area contributed by atoms with Gasteiger partial charge in [0, 0.05) is 18.0 Å². The Morgan fingerprint density at radius 2 is 2.24 bits per heavy atom. The standard InChI is InChI=1S/C12H12ClN3O/c1-2-17-10-5-3-4-9(8-10)15-11-6-7-14-12(13)16-11/h3-8H,2H2,1H3,(H,14,15,16). The monoisotopic (exact) mass is 249 g/mol. The number of nitrogens with zero attached hydrogens (tertiary/aromatic N) is 2. The smallest absolute Gasteiger partial charge is 0.224 e. The second-order valence-electron chi connectivity index (χ2n) is 3.30. The first-order valence-electron chi connectivity index (χ1n) is 5.26. The molecule has 17 heavy (non-hydrogen) atoms. The molecule has 88 valence electrons. The van der Waals surface area contributed by atoms with Crippen molar-refractivity contribution < 1.29 is 4.74 Å². The zero-order valence-corrected chi connectivity index (χ0v) is 10.1. The molecule has 0 aliphatic rings. The molecule has 4 nitrogen and oxygen atoms in total. The molecule has 0 amide bonds. The quantitative estimate of drug-likeness (QED) is 0.845. The summed E-state index contributed by atoms with van der Waals surface area (Å²) in [6.07, 6.45) is 1.60. The second kappa shape index (κ2) is 5.50. The van der Waals surface area contributed by atoms with Crippen LogP contribution in [-0.4, -0.2) is 16.6 Å². The average molecular weight is 250 g/mol. The lowest BCUT2D eigenvalue weighted by molar-refractivity contribution is 0.340. The average Bonchev–Trinajstić information content (AvgIpc) is 2.30. The molecule has 0 spiro atoms. The summed E-state index contributed by atoms with van der Waals surface area (Å²) in [5.74, 6) is 1.47. The molecule has 0 atom stereocenters. The van der Waals surface area contributed by atoms with E-state index in [0.29, 0.717) is 12.4 Å². The first-order valence-corrected chi connectivity index (χ1v) is 5.64. The van der Waals surface area contributed by atoms with Crippen molar-refractivity contribution in [2.24, 2.45) is 0 Å². The molecule has 0 aliphatic carbocycles. The minimum Gasteiger partial charge on any atom is -0.494 e. The van der Waals surface area contributed by atoms with Crippen LogP contribution in [0.5, 0.6) is 5.75 Å². The van der Waals surface area contributed by atoms with Crippen LogP contribution >= 0.6 is 11.6 Å². The number of ether oxygens (including phenoxy) is 1. The van der Waals surface area contributed by atoms with Gasteiger partial charge in [-0.2, -0.15) is 0 Å². The number of aromatic nitrogens is 2. The van der Waals surface area contributed by atoms with Crippen molar-refractivity contribution in [3.8, 4) is 5.75 Å². The maximum absolute atomic E-state index is 5.71. The molecule has 2 aromatic rings. The van der Waals surface area contributed by atoms with Crippen LogP contribution in [0.15, 0.2) is 36.5 Å². The van der Waals surface area contributed by atoms with Gasteiger partial charge in [-0.15, -0.1) is 0 Å². The zero-order chi connectivity index (χ0) is 12.1. The third kappa shape index (κ3) is 3.32. The van der Waals surface area contributed by atoms with Crippen LogP contribution in [0.2, 0.25) is 5.28 Å². The molecule has 2 rings (SSSR count). The number of benzene rings is 1. The molecule has 0 saturated carbocycles. The number of halogens is 1. The maximum Gasteiger partial charge on any atom is 0.224 e. The summed E-state index contributed by atoms with van der Waals surface area (Å²) in [5.41, 5.74) is 0.894. The van der Waals surface area contributed by atoms with E-state index in [-0.39, 0.29) is 5.28 Å². The number of nitrogens with one attached hydrogen (secondary N) is 1. The summed E-state index contributed by atoms with van der Waals surface area (Å²) in [7, 11) is 0. The molecule has 1 N–H and O–H groups in total. The van der Waals surface area contributed by atoms with Crippen molar-refractivity contribution >= 4 is 23.1 Å². The van der Waals surface area contributed by atoms with Gasteiger partial charge in [0.2, 0.25) is 5.28 Å². The van der Waals surface area contributed by atoms with Crippen LogP contribution in [0.25, 0.3) is 0 Å². The fourth-order valence-corrected chi connectivity index (χ4v) is 1.53. The Morgan fingerprint density at radius 1 is 1.35 bits per heavy atom. The first kappa shape index (κ1) is 11.7. The maximum atomic E-state index is 5.71. The largest absolute Gasteiger partial charge is 0.494 e. The molecule has 0 radical (unpaired) electrons. The number of anilines is 2. The SMILES string of the molecule is CCOc1cccc(Nc2ccnc(Cl)n2)c1. The summed E-state index contributed by atoms with van der Waals surface area (Å²) < 4.78 is 5.41. The molecular weight excluding hydrogens is 238 g/mol. The number of hydrogen-bond donors (Lipinski definition) is 1. The highest BCUT2D eigenvalue weighted by Crippen LogP contribution is 2.20. The van der Waals surface area contributed by atoms with Crippen LogP contribution in [0, 0.1) is 0 Å². The van der Waals surface area contributed by atoms with E-state index in [0.717, 1.165) is 11.4 Å². The molecular formula is C12H12ClN3O. The molecule has 0 fully saturated rings. The highest BCUT2D eigenvalue weighted by molar-refractivity contribution is 6.28. The van der Waals surface area contributed by atoms with Gasteiger partial charge in [0.25, 0.3) is 0 Å². The molecule has 5 heteroatoms. The van der Waals surface area contributed by atoms with Crippen molar-refractivity contribution in [2.75, 3.05) is 11.9 Å². The lowest BCUT2D eigenvalue weighted by atomic mass is 10.3. The van der Waals surface area contributed by atoms with Gasteiger partial charge in [0.1, 0.15) is 11.6 Å². The Morgan fingerprint density at radius 3 is 3.00 bits per heavy atom. The fourth-order valence-electron chi connectivity index (χ4n) is 1.38. The Bertz CT molecular complexity index is 505. The van der Waals surface area contributed by atoms with Gasteiger partial charge in [-0.05, 0) is 36.7 Å². The van der Waals surface area contributed by atoms with E-state index in [2.05, 4.69) is 15.3 Å². The summed E-state index contributed by atoms with van der Waals surface area (Å²) in [6, 6.07) is 9.40. The lowest BCUT2D eigenvalue weighted by Gasteiger charge is -2.08. The number of rotatable bonds is 4. The van der Waals surface area contributed by atoms with Gasteiger partial charge in [0.05, 0.1) is 6.61 Å². The number of hydrogen-bond acceptors (Lipinski definition) is 4. The minimum atomic E-state index is 0.218. The van der Waals surface area contributed by atoms with Crippen LogP contribution in [0.4, 0.5) is 11.5 Å². The van der Waals surface area contributed by atoms with Crippen molar-refractivity contribution in [3.05, 3.63) is 41.8 Å². The van der Waals surface area contributed by atoms with E-state index >= 15 is 0 Å². The van der Waals surface area contributed by atoms with Crippen molar-refractivity contribution in [1.82, 2.24) is 9.97 Å². The van der Waals surface area contributed by atoms with Crippen LogP contribution < -0.4 is 10.1 Å². The van der Waals surface area contributed by atoms with Gasteiger partial charge < -0.3 is 10.1 Å². The molecule has 0 aliphatic heterocycles. The van der Waals surface area contributed by atoms with E-state index in [1.165, 1.54) is 0 Å². The minimum absolute atomic E-state index is 0.218. The molecule has 1 aromatic carbocycles. The normalized spacial score (nSPS) is 10.0. The fraction of sp³-hybridized carbons (Fsp3) is 0.167. The summed E-state index contributed by atoms with van der Waals surface area (Å²) in [5, 5.41) is 3.35. The van der Waals surface area contributed by atoms with Crippen molar-refractivity contribution in [3.63, 3.8) is 0 Å². The summed E-state index contributed by atoms with van der Waals surface area (Å²) in [6.45, 7) is 2.59. The van der Waals surface area contributed by atoms with E-state index in [1.54, 1.807) is 12.3 Å². The highest BCUT2D eigenvalue weighted by atomic mass is 35.5. The van der Waals surface area contributed by atoms with Crippen LogP contribution in [-0.2, 0) is 0 Å². The third-order valence-corrected chi connectivity index (χ3v) is 2.23. The van der Waals surface area contributed by atoms with E-state index < -0.39 is 0 Å². The lowest BCUT2D eigenvalue weighted by Crippen LogP contribution is -1.96. The molecule has 0 bridgehead atoms. The van der Waals surface area contributed by atoms with Gasteiger partial charge in [-0.1, -0.05) is 6.07 Å². The topological polar surface area (TPSA) is 47.0 Å². The zero-order valence-electron chi connectivity index (χ0n) is 9.35. The van der Waals surface area contributed by atoms with Crippen molar-refractivity contribution in [1.29, 1.82) is 0 Å². The Kier molecular flexibility index (Phi) is 3.77. The van der Waals surface area contributed by atoms with Gasteiger partial charge in [0.15, 0.2) is 0 Å². The van der Waals surface area contributed by atoms with Crippen molar-refractivity contribution in [2.45, 2.75) is 6.92 Å². The highest BCUT2D eigenvalue weighted by Gasteiger charge is 1.99. The van der Waals surface area contributed by atoms with Crippen LogP contribution in [0.1, 0.15) is 6.92 Å². The van der Waals surface area contributed by atoms with E-state index in [9.17, 15) is 0 Å². The van der Waals surface area contributed by atoms with E-state index in [1.807, 2.05) is 31.2 Å². The van der Waals surface area contributed by atoms with E-state index in [4.69, 9.17) is 16.3 Å².